The number of carbonyl (C=O) groups is 1. The summed E-state index contributed by atoms with van der Waals surface area (Å²) in [6, 6.07) is 16.2. The molecule has 2 fully saturated rings. The Hall–Kier alpha value is -2.05. The Bertz CT molecular complexity index is 830. The highest BCUT2D eigenvalue weighted by Gasteiger charge is 2.33. The molecule has 2 heterocycles. The summed E-state index contributed by atoms with van der Waals surface area (Å²) in [6.07, 6.45) is 2.23. The van der Waals surface area contributed by atoms with E-state index in [4.69, 9.17) is 4.74 Å². The number of halogens is 1. The summed E-state index contributed by atoms with van der Waals surface area (Å²) >= 11 is 3.67. The Morgan fingerprint density at radius 1 is 1.18 bits per heavy atom. The molecule has 6 heteroatoms. The third kappa shape index (κ3) is 4.33. The number of rotatable bonds is 6. The first-order valence-corrected chi connectivity index (χ1v) is 10.6. The molecule has 2 unspecified atom stereocenters. The summed E-state index contributed by atoms with van der Waals surface area (Å²) < 4.78 is 6.51. The maximum Gasteiger partial charge on any atom is 0.322 e. The predicted octanol–water partition coefficient (Wildman–Crippen LogP) is 3.92. The lowest BCUT2D eigenvalue weighted by Gasteiger charge is -2.20. The van der Waals surface area contributed by atoms with E-state index in [1.54, 1.807) is 7.11 Å². The van der Waals surface area contributed by atoms with Crippen LogP contribution in [0.4, 0.5) is 10.5 Å². The molecular formula is C22H26BrN3O2. The van der Waals surface area contributed by atoms with Gasteiger partial charge in [0.05, 0.1) is 13.2 Å². The maximum atomic E-state index is 12.3. The molecule has 2 aliphatic rings. The van der Waals surface area contributed by atoms with Gasteiger partial charge in [-0.05, 0) is 61.2 Å². The predicted molar refractivity (Wildman–Crippen MR) is 115 cm³/mol. The van der Waals surface area contributed by atoms with Gasteiger partial charge in [-0.3, -0.25) is 4.90 Å². The van der Waals surface area contributed by atoms with Gasteiger partial charge in [-0.2, -0.15) is 0 Å². The van der Waals surface area contributed by atoms with Crippen LogP contribution in [0.5, 0.6) is 5.75 Å². The van der Waals surface area contributed by atoms with Gasteiger partial charge in [-0.15, -0.1) is 0 Å². The molecule has 28 heavy (non-hydrogen) atoms. The topological polar surface area (TPSA) is 44.8 Å². The maximum absolute atomic E-state index is 12.3. The average Bonchev–Trinajstić information content (AvgIpc) is 3.30. The number of amides is 2. The fourth-order valence-corrected chi connectivity index (χ4v) is 4.65. The van der Waals surface area contributed by atoms with E-state index in [1.807, 2.05) is 41.3 Å². The number of anilines is 1. The Labute approximate surface area is 174 Å². The number of methoxy groups -OCH3 is 1. The minimum absolute atomic E-state index is 0.00672. The van der Waals surface area contributed by atoms with Crippen LogP contribution in [0.25, 0.3) is 0 Å². The van der Waals surface area contributed by atoms with Crippen LogP contribution in [0, 0.1) is 5.92 Å². The molecule has 2 aromatic rings. The van der Waals surface area contributed by atoms with Crippen molar-refractivity contribution in [2.75, 3.05) is 38.2 Å². The zero-order valence-electron chi connectivity index (χ0n) is 16.1. The molecule has 0 spiro atoms. The third-order valence-corrected chi connectivity index (χ3v) is 6.43. The van der Waals surface area contributed by atoms with Crippen LogP contribution >= 0.6 is 15.9 Å². The molecule has 2 atom stereocenters. The number of nitrogens with one attached hydrogen (secondary N) is 1. The number of para-hydroxylation sites is 1. The molecule has 0 saturated carbocycles. The number of urea groups is 1. The second-order valence-corrected chi connectivity index (χ2v) is 8.52. The quantitative estimate of drug-likeness (QED) is 0.735. The van der Waals surface area contributed by atoms with E-state index in [2.05, 4.69) is 38.3 Å². The van der Waals surface area contributed by atoms with Gasteiger partial charge >= 0.3 is 6.03 Å². The third-order valence-electron chi connectivity index (χ3n) is 5.65. The van der Waals surface area contributed by atoms with Gasteiger partial charge in [-0.1, -0.05) is 34.1 Å². The van der Waals surface area contributed by atoms with Gasteiger partial charge in [0.15, 0.2) is 0 Å². The minimum atomic E-state index is 0.00672. The number of hydrogen-bond acceptors (Lipinski definition) is 3. The van der Waals surface area contributed by atoms with Gasteiger partial charge in [-0.25, -0.2) is 4.79 Å². The average molecular weight is 444 g/mol. The second-order valence-electron chi connectivity index (χ2n) is 7.67. The first kappa shape index (κ1) is 19.3. The fraction of sp³-hybridized carbons (Fsp3) is 0.409. The molecule has 0 radical (unpaired) electrons. The highest BCUT2D eigenvalue weighted by molar-refractivity contribution is 9.10. The van der Waals surface area contributed by atoms with E-state index in [0.717, 1.165) is 48.5 Å². The lowest BCUT2D eigenvalue weighted by molar-refractivity contribution is 0.247. The van der Waals surface area contributed by atoms with E-state index in [0.29, 0.717) is 5.92 Å². The largest absolute Gasteiger partial charge is 0.497 e. The van der Waals surface area contributed by atoms with Crippen molar-refractivity contribution in [1.29, 1.82) is 0 Å². The molecule has 1 N–H and O–H groups in total. The summed E-state index contributed by atoms with van der Waals surface area (Å²) in [5, 5.41) is 3.14. The number of ether oxygens (including phenoxy) is 1. The summed E-state index contributed by atoms with van der Waals surface area (Å²) in [5.41, 5.74) is 2.26. The second kappa shape index (κ2) is 8.53. The first-order valence-electron chi connectivity index (χ1n) is 9.80. The van der Waals surface area contributed by atoms with Crippen molar-refractivity contribution < 1.29 is 9.53 Å². The first-order chi connectivity index (χ1) is 13.6. The zero-order chi connectivity index (χ0) is 19.5. The summed E-state index contributed by atoms with van der Waals surface area (Å²) in [7, 11) is 1.71. The van der Waals surface area contributed by atoms with Gasteiger partial charge in [0.1, 0.15) is 5.75 Å². The Morgan fingerprint density at radius 2 is 2.00 bits per heavy atom. The van der Waals surface area contributed by atoms with E-state index in [-0.39, 0.29) is 12.1 Å². The lowest BCUT2D eigenvalue weighted by Crippen LogP contribution is -2.38. The zero-order valence-corrected chi connectivity index (χ0v) is 17.7. The molecule has 2 amide bonds. The standard InChI is InChI=1S/C22H26BrN3O2/c1-28-20-7-8-21(23)17(12-20)11-16-9-10-25(13-16)14-18-15-26(22(27)24-18)19-5-3-2-4-6-19/h2-8,12,16,18H,9-11,13-15H2,1H3,(H,24,27). The van der Waals surface area contributed by atoms with Gasteiger partial charge < -0.3 is 15.0 Å². The monoisotopic (exact) mass is 443 g/mol. The fourth-order valence-electron chi connectivity index (χ4n) is 4.24. The molecule has 2 saturated heterocycles. The SMILES string of the molecule is COc1ccc(Br)c(CC2CCN(CC3CN(c4ccccc4)C(=O)N3)C2)c1. The minimum Gasteiger partial charge on any atom is -0.497 e. The Morgan fingerprint density at radius 3 is 2.79 bits per heavy atom. The number of nitrogens with zero attached hydrogens (tertiary/aromatic N) is 2. The van der Waals surface area contributed by atoms with Gasteiger partial charge in [0.2, 0.25) is 0 Å². The van der Waals surface area contributed by atoms with Crippen LogP contribution in [0.3, 0.4) is 0 Å². The van der Waals surface area contributed by atoms with Crippen molar-refractivity contribution in [2.45, 2.75) is 18.9 Å². The van der Waals surface area contributed by atoms with Crippen molar-refractivity contribution in [3.8, 4) is 5.75 Å². The normalized spacial score (nSPS) is 22.5. The van der Waals surface area contributed by atoms with Crippen LogP contribution < -0.4 is 15.0 Å². The molecule has 2 aromatic carbocycles. The number of carbonyl (C=O) groups excluding carboxylic acids is 1. The van der Waals surface area contributed by atoms with Crippen LogP contribution in [0.15, 0.2) is 53.0 Å². The summed E-state index contributed by atoms with van der Waals surface area (Å²) in [4.78, 5) is 16.7. The molecule has 4 rings (SSSR count). The highest BCUT2D eigenvalue weighted by Crippen LogP contribution is 2.28. The van der Waals surface area contributed by atoms with Crippen molar-refractivity contribution in [1.82, 2.24) is 10.2 Å². The van der Waals surface area contributed by atoms with E-state index in [9.17, 15) is 4.79 Å². The van der Waals surface area contributed by atoms with Gasteiger partial charge in [0, 0.05) is 29.8 Å². The van der Waals surface area contributed by atoms with Gasteiger partial charge in [0.25, 0.3) is 0 Å². The van der Waals surface area contributed by atoms with E-state index in [1.165, 1.54) is 12.0 Å². The number of likely N-dealkylation sites (tertiary alicyclic amines) is 1. The Kier molecular flexibility index (Phi) is 5.87. The molecule has 0 aliphatic carbocycles. The van der Waals surface area contributed by atoms with Crippen LogP contribution in [-0.2, 0) is 6.42 Å². The van der Waals surface area contributed by atoms with Crippen LogP contribution in [-0.4, -0.2) is 50.3 Å². The molecule has 2 aliphatic heterocycles. The van der Waals surface area contributed by atoms with E-state index >= 15 is 0 Å². The lowest BCUT2D eigenvalue weighted by atomic mass is 9.98. The molecule has 148 valence electrons. The number of hydrogen-bond donors (Lipinski definition) is 1. The smallest absolute Gasteiger partial charge is 0.322 e. The van der Waals surface area contributed by atoms with Crippen LogP contribution in [0.1, 0.15) is 12.0 Å². The van der Waals surface area contributed by atoms with E-state index < -0.39 is 0 Å². The van der Waals surface area contributed by atoms with Crippen molar-refractivity contribution in [3.63, 3.8) is 0 Å². The Balaban J connectivity index is 1.31. The highest BCUT2D eigenvalue weighted by atomic mass is 79.9. The summed E-state index contributed by atoms with van der Waals surface area (Å²) in [5.74, 6) is 1.54. The van der Waals surface area contributed by atoms with Crippen molar-refractivity contribution in [3.05, 3.63) is 58.6 Å². The molecule has 0 bridgehead atoms. The molecular weight excluding hydrogens is 418 g/mol. The molecule has 5 nitrogen and oxygen atoms in total. The van der Waals surface area contributed by atoms with Crippen LogP contribution in [0.2, 0.25) is 0 Å². The molecule has 0 aromatic heterocycles. The number of benzene rings is 2. The summed E-state index contributed by atoms with van der Waals surface area (Å²) in [6.45, 7) is 3.79. The van der Waals surface area contributed by atoms with Crippen molar-refractivity contribution >= 4 is 27.6 Å². The van der Waals surface area contributed by atoms with Crippen molar-refractivity contribution in [2.24, 2.45) is 5.92 Å².